The van der Waals surface area contributed by atoms with Gasteiger partial charge in [-0.2, -0.15) is 0 Å². The van der Waals surface area contributed by atoms with E-state index in [1.165, 1.54) is 51.7 Å². The molecule has 2 saturated heterocycles. The minimum atomic E-state index is 0.429. The first kappa shape index (κ1) is 15.0. The third-order valence-corrected chi connectivity index (χ3v) is 4.90. The smallest absolute Gasteiger partial charge is 0.0175 e. The van der Waals surface area contributed by atoms with E-state index < -0.39 is 0 Å². The lowest BCUT2D eigenvalue weighted by atomic mass is 9.81. The van der Waals surface area contributed by atoms with Gasteiger partial charge in [0.25, 0.3) is 0 Å². The van der Waals surface area contributed by atoms with Gasteiger partial charge in [0.2, 0.25) is 0 Å². The van der Waals surface area contributed by atoms with Gasteiger partial charge in [0.05, 0.1) is 0 Å². The zero-order chi connectivity index (χ0) is 12.9. The van der Waals surface area contributed by atoms with E-state index in [0.717, 1.165) is 5.92 Å². The Kier molecular flexibility index (Phi) is 5.94. The molecular formula is C15H32N2. The highest BCUT2D eigenvalue weighted by molar-refractivity contribution is 4.88. The van der Waals surface area contributed by atoms with Gasteiger partial charge in [0.15, 0.2) is 0 Å². The van der Waals surface area contributed by atoms with Crippen molar-refractivity contribution in [2.24, 2.45) is 5.92 Å². The Morgan fingerprint density at radius 2 is 1.47 bits per heavy atom. The van der Waals surface area contributed by atoms with E-state index in [0.29, 0.717) is 5.54 Å². The second-order valence-corrected chi connectivity index (χ2v) is 6.48. The molecule has 1 atom stereocenters. The number of hydrogen-bond acceptors (Lipinski definition) is 2. The maximum Gasteiger partial charge on any atom is 0.0175 e. The predicted octanol–water partition coefficient (Wildman–Crippen LogP) is 3.23. The number of piperidine rings is 2. The fourth-order valence-corrected chi connectivity index (χ4v) is 2.70. The van der Waals surface area contributed by atoms with Gasteiger partial charge in [0.1, 0.15) is 0 Å². The zero-order valence-electron chi connectivity index (χ0n) is 12.6. The molecule has 0 radical (unpaired) electrons. The fourth-order valence-electron chi connectivity index (χ4n) is 2.70. The minimum absolute atomic E-state index is 0.429. The summed E-state index contributed by atoms with van der Waals surface area (Å²) < 4.78 is 0. The number of nitrogens with zero attached hydrogens (tertiary/aromatic N) is 2. The van der Waals surface area contributed by atoms with Crippen LogP contribution < -0.4 is 0 Å². The second-order valence-electron chi connectivity index (χ2n) is 6.48. The van der Waals surface area contributed by atoms with E-state index in [9.17, 15) is 0 Å². The average molecular weight is 240 g/mol. The van der Waals surface area contributed by atoms with Gasteiger partial charge in [0, 0.05) is 5.54 Å². The average Bonchev–Trinajstić information content (AvgIpc) is 2.28. The third-order valence-electron chi connectivity index (χ3n) is 4.90. The molecule has 2 fully saturated rings. The first-order valence-electron chi connectivity index (χ1n) is 7.34. The Morgan fingerprint density at radius 3 is 1.82 bits per heavy atom. The molecule has 2 heteroatoms. The molecule has 2 nitrogen and oxygen atoms in total. The van der Waals surface area contributed by atoms with Crippen LogP contribution in [0, 0.1) is 5.92 Å². The van der Waals surface area contributed by atoms with Crippen LogP contribution in [0.5, 0.6) is 0 Å². The topological polar surface area (TPSA) is 6.48 Å². The summed E-state index contributed by atoms with van der Waals surface area (Å²) in [6.07, 6.45) is 7.05. The molecule has 0 aromatic rings. The summed E-state index contributed by atoms with van der Waals surface area (Å²) in [6, 6.07) is 0. The van der Waals surface area contributed by atoms with E-state index in [1.54, 1.807) is 0 Å². The van der Waals surface area contributed by atoms with Crippen LogP contribution in [-0.4, -0.2) is 49.1 Å². The summed E-state index contributed by atoms with van der Waals surface area (Å²) in [7, 11) is 4.43. The van der Waals surface area contributed by atoms with Crippen LogP contribution in [0.25, 0.3) is 0 Å². The molecule has 2 rings (SSSR count). The lowest BCUT2D eigenvalue weighted by Crippen LogP contribution is -2.49. The van der Waals surface area contributed by atoms with E-state index >= 15 is 0 Å². The monoisotopic (exact) mass is 240 g/mol. The quantitative estimate of drug-likeness (QED) is 0.641. The van der Waals surface area contributed by atoms with Crippen molar-refractivity contribution in [2.75, 3.05) is 33.7 Å². The molecule has 0 N–H and O–H groups in total. The summed E-state index contributed by atoms with van der Waals surface area (Å²) in [4.78, 5) is 4.87. The van der Waals surface area contributed by atoms with Crippen LogP contribution >= 0.6 is 0 Å². The summed E-state index contributed by atoms with van der Waals surface area (Å²) in [6.45, 7) is 11.0. The van der Waals surface area contributed by atoms with Crippen LogP contribution in [0.15, 0.2) is 0 Å². The van der Waals surface area contributed by atoms with Crippen molar-refractivity contribution in [1.82, 2.24) is 9.80 Å². The Hall–Kier alpha value is -0.0800. The van der Waals surface area contributed by atoms with Gasteiger partial charge < -0.3 is 9.80 Å². The first-order valence-corrected chi connectivity index (χ1v) is 7.34. The van der Waals surface area contributed by atoms with Crippen molar-refractivity contribution in [3.05, 3.63) is 0 Å². The van der Waals surface area contributed by atoms with Crippen LogP contribution in [0.1, 0.15) is 52.9 Å². The maximum absolute atomic E-state index is 2.47. The largest absolute Gasteiger partial charge is 0.306 e. The van der Waals surface area contributed by atoms with E-state index in [4.69, 9.17) is 0 Å². The van der Waals surface area contributed by atoms with E-state index in [1.807, 2.05) is 0 Å². The summed E-state index contributed by atoms with van der Waals surface area (Å²) >= 11 is 0. The second kappa shape index (κ2) is 6.75. The highest BCUT2D eigenvalue weighted by Crippen LogP contribution is 2.31. The molecule has 2 aliphatic rings. The van der Waals surface area contributed by atoms with Crippen LogP contribution in [0.4, 0.5) is 0 Å². The van der Waals surface area contributed by atoms with Crippen molar-refractivity contribution in [2.45, 2.75) is 58.4 Å². The van der Waals surface area contributed by atoms with Crippen LogP contribution in [0.2, 0.25) is 0 Å². The third kappa shape index (κ3) is 4.59. The van der Waals surface area contributed by atoms with Gasteiger partial charge in [-0.3, -0.25) is 0 Å². The molecule has 102 valence electrons. The minimum Gasteiger partial charge on any atom is -0.306 e. The number of hydrogen-bond donors (Lipinski definition) is 0. The maximum atomic E-state index is 2.47. The molecule has 0 amide bonds. The SMILES string of the molecule is CC1CCCN(C)C1(C)C.CN1CCCCC1. The highest BCUT2D eigenvalue weighted by Gasteiger charge is 2.32. The number of rotatable bonds is 0. The normalized spacial score (nSPS) is 30.5. The molecule has 1 unspecified atom stereocenters. The van der Waals surface area contributed by atoms with Gasteiger partial charge in [-0.15, -0.1) is 0 Å². The molecular weight excluding hydrogens is 208 g/mol. The molecule has 17 heavy (non-hydrogen) atoms. The lowest BCUT2D eigenvalue weighted by Gasteiger charge is -2.44. The highest BCUT2D eigenvalue weighted by atomic mass is 15.2. The van der Waals surface area contributed by atoms with Gasteiger partial charge in [-0.1, -0.05) is 13.3 Å². The molecule has 0 aromatic heterocycles. The molecule has 2 heterocycles. The van der Waals surface area contributed by atoms with Gasteiger partial charge >= 0.3 is 0 Å². The number of likely N-dealkylation sites (tertiary alicyclic amines) is 2. The van der Waals surface area contributed by atoms with Gasteiger partial charge in [-0.05, 0) is 79.2 Å². The standard InChI is InChI=1S/C9H19N.C6H13N/c1-8-6-5-7-10(4)9(8,2)3;1-7-5-3-2-4-6-7/h8H,5-7H2,1-4H3;2-6H2,1H3. The van der Waals surface area contributed by atoms with Gasteiger partial charge in [-0.25, -0.2) is 0 Å². The predicted molar refractivity (Wildman–Crippen MR) is 76.5 cm³/mol. The lowest BCUT2D eigenvalue weighted by molar-refractivity contribution is 0.0547. The zero-order valence-corrected chi connectivity index (χ0v) is 12.6. The van der Waals surface area contributed by atoms with E-state index in [2.05, 4.69) is 44.7 Å². The first-order chi connectivity index (χ1) is 7.94. The van der Waals surface area contributed by atoms with Crippen molar-refractivity contribution >= 4 is 0 Å². The Labute approximate surface area is 108 Å². The molecule has 0 saturated carbocycles. The Bertz CT molecular complexity index is 195. The van der Waals surface area contributed by atoms with E-state index in [-0.39, 0.29) is 0 Å². The summed E-state index contributed by atoms with van der Waals surface area (Å²) in [5.74, 6) is 0.853. The van der Waals surface area contributed by atoms with Crippen molar-refractivity contribution in [3.63, 3.8) is 0 Å². The van der Waals surface area contributed by atoms with Crippen LogP contribution in [-0.2, 0) is 0 Å². The summed E-state index contributed by atoms with van der Waals surface area (Å²) in [5, 5.41) is 0. The summed E-state index contributed by atoms with van der Waals surface area (Å²) in [5.41, 5.74) is 0.429. The Morgan fingerprint density at radius 1 is 0.882 bits per heavy atom. The van der Waals surface area contributed by atoms with Crippen LogP contribution in [0.3, 0.4) is 0 Å². The van der Waals surface area contributed by atoms with Crippen molar-refractivity contribution in [1.29, 1.82) is 0 Å². The van der Waals surface area contributed by atoms with Crippen molar-refractivity contribution < 1.29 is 0 Å². The molecule has 2 aliphatic heterocycles. The molecule has 0 aliphatic carbocycles. The fraction of sp³-hybridized carbons (Fsp3) is 1.00. The molecule has 0 bridgehead atoms. The Balaban J connectivity index is 0.000000181. The molecule has 0 aromatic carbocycles. The molecule has 0 spiro atoms. The van der Waals surface area contributed by atoms with Crippen molar-refractivity contribution in [3.8, 4) is 0 Å².